The van der Waals surface area contributed by atoms with E-state index in [1.807, 2.05) is 0 Å². The Kier molecular flexibility index (Phi) is 12.3. The molecule has 0 atom stereocenters. The summed E-state index contributed by atoms with van der Waals surface area (Å²) >= 11 is 0. The fourth-order valence-corrected chi connectivity index (χ4v) is 1.96. The van der Waals surface area contributed by atoms with E-state index in [0.717, 1.165) is 39.4 Å². The zero-order valence-corrected chi connectivity index (χ0v) is 16.1. The molecule has 29 heavy (non-hydrogen) atoms. The number of hydrogen-bond acceptors (Lipinski definition) is 1. The highest BCUT2D eigenvalue weighted by Crippen LogP contribution is 2.07. The van der Waals surface area contributed by atoms with Crippen molar-refractivity contribution < 1.29 is 48.4 Å². The van der Waals surface area contributed by atoms with Gasteiger partial charge in [-0.1, -0.05) is 0 Å². The third kappa shape index (κ3) is 19.1. The maximum atomic E-state index is 9.75. The molecule has 15 heteroatoms. The van der Waals surface area contributed by atoms with Gasteiger partial charge in [-0.2, -0.15) is 0 Å². The molecule has 0 saturated heterocycles. The molecule has 0 radical (unpaired) electrons. The van der Waals surface area contributed by atoms with Crippen LogP contribution < -0.4 is 9.13 Å². The largest absolute Gasteiger partial charge is 0.673 e. The van der Waals surface area contributed by atoms with Crippen molar-refractivity contribution in [1.82, 2.24) is 9.13 Å². The Labute approximate surface area is 163 Å². The Hall–Kier alpha value is -2.05. The first-order valence-corrected chi connectivity index (χ1v) is 8.73. The summed E-state index contributed by atoms with van der Waals surface area (Å²) in [5.41, 5.74) is 0. The van der Waals surface area contributed by atoms with E-state index in [2.05, 4.69) is 69.6 Å². The van der Waals surface area contributed by atoms with E-state index in [9.17, 15) is 34.5 Å². The highest BCUT2D eigenvalue weighted by atomic mass is 19.5. The molecule has 0 aliphatic rings. The molecule has 168 valence electrons. The topological polar surface area (TPSA) is 26.8 Å². The lowest BCUT2D eigenvalue weighted by molar-refractivity contribution is -0.704. The Bertz CT molecular complexity index is 607. The number of rotatable bonds is 8. The van der Waals surface area contributed by atoms with E-state index >= 15 is 0 Å². The number of imidazole rings is 2. The van der Waals surface area contributed by atoms with Gasteiger partial charge >= 0.3 is 14.5 Å². The lowest BCUT2D eigenvalue weighted by atomic mass is 10.3. The fourth-order valence-electron chi connectivity index (χ4n) is 1.96. The highest BCUT2D eigenvalue weighted by molar-refractivity contribution is 6.50. The van der Waals surface area contributed by atoms with Crippen LogP contribution in [0.5, 0.6) is 0 Å². The van der Waals surface area contributed by atoms with Crippen LogP contribution >= 0.6 is 0 Å². The molecule has 0 amide bonds. The minimum atomic E-state index is -6.00. The summed E-state index contributed by atoms with van der Waals surface area (Å²) in [6, 6.07) is 0. The summed E-state index contributed by atoms with van der Waals surface area (Å²) in [6.45, 7) is 9.64. The molecule has 0 spiro atoms. The zero-order chi connectivity index (χ0) is 22.5. The Morgan fingerprint density at radius 2 is 1.00 bits per heavy atom. The summed E-state index contributed by atoms with van der Waals surface area (Å²) in [4.78, 5) is 0. The van der Waals surface area contributed by atoms with E-state index in [4.69, 9.17) is 4.74 Å². The van der Waals surface area contributed by atoms with Crippen LogP contribution in [0.15, 0.2) is 37.4 Å². The molecule has 0 aliphatic heterocycles. The molecule has 0 bridgehead atoms. The first-order chi connectivity index (χ1) is 13.3. The van der Waals surface area contributed by atoms with Crippen LogP contribution in [-0.4, -0.2) is 36.9 Å². The van der Waals surface area contributed by atoms with E-state index < -0.39 is 14.5 Å². The molecule has 5 nitrogen and oxygen atoms in total. The maximum absolute atomic E-state index is 9.75. The molecule has 0 saturated carbocycles. The molecular weight excluding hydrogens is 414 g/mol. The molecule has 0 fully saturated rings. The normalized spacial score (nSPS) is 11.4. The SMILES string of the molecule is CCn1cc[n+](CCOCC[n+]2ccn(CC)c2)c1.F[B-](F)(F)F.F[B-](F)(F)F. The molecule has 0 N–H and O–H groups in total. The highest BCUT2D eigenvalue weighted by Gasteiger charge is 2.21. The number of aryl methyl sites for hydroxylation is 2. The van der Waals surface area contributed by atoms with Gasteiger partial charge in [0.1, 0.15) is 37.9 Å². The van der Waals surface area contributed by atoms with Gasteiger partial charge in [0, 0.05) is 0 Å². The number of aromatic nitrogens is 4. The average Bonchev–Trinajstić information content (AvgIpc) is 3.20. The average molecular weight is 438 g/mol. The molecule has 2 aromatic heterocycles. The van der Waals surface area contributed by atoms with Crippen LogP contribution in [0.2, 0.25) is 0 Å². The van der Waals surface area contributed by atoms with Gasteiger partial charge in [-0.3, -0.25) is 0 Å². The van der Waals surface area contributed by atoms with E-state index in [1.165, 1.54) is 0 Å². The predicted octanol–water partition coefficient (Wildman–Crippen LogP) is 3.22. The third-order valence-electron chi connectivity index (χ3n) is 3.21. The van der Waals surface area contributed by atoms with Gasteiger partial charge in [-0.25, -0.2) is 18.3 Å². The molecule has 0 unspecified atom stereocenters. The quantitative estimate of drug-likeness (QED) is 0.269. The van der Waals surface area contributed by atoms with Crippen LogP contribution in [0.3, 0.4) is 0 Å². The first kappa shape index (κ1) is 26.9. The molecule has 0 aromatic carbocycles. The zero-order valence-electron chi connectivity index (χ0n) is 16.1. The maximum Gasteiger partial charge on any atom is 0.673 e. The number of ether oxygens (including phenoxy) is 1. The van der Waals surface area contributed by atoms with E-state index in [1.54, 1.807) is 0 Å². The summed E-state index contributed by atoms with van der Waals surface area (Å²) in [5, 5.41) is 0. The van der Waals surface area contributed by atoms with Crippen LogP contribution in [0.1, 0.15) is 13.8 Å². The number of hydrogen-bond donors (Lipinski definition) is 0. The predicted molar refractivity (Wildman–Crippen MR) is 91.8 cm³/mol. The van der Waals surface area contributed by atoms with Crippen LogP contribution in [0.25, 0.3) is 0 Å². The van der Waals surface area contributed by atoms with Gasteiger partial charge in [0.25, 0.3) is 0 Å². The van der Waals surface area contributed by atoms with Crippen LogP contribution in [0, 0.1) is 0 Å². The number of nitrogens with zero attached hydrogens (tertiary/aromatic N) is 4. The molecule has 0 aliphatic carbocycles. The van der Waals surface area contributed by atoms with Gasteiger partial charge in [0.15, 0.2) is 0 Å². The van der Waals surface area contributed by atoms with Crippen molar-refractivity contribution in [2.45, 2.75) is 40.0 Å². The fraction of sp³-hybridized carbons (Fsp3) is 0.571. The summed E-state index contributed by atoms with van der Waals surface area (Å²) in [6.07, 6.45) is 12.6. The van der Waals surface area contributed by atoms with E-state index in [-0.39, 0.29) is 0 Å². The second kappa shape index (κ2) is 13.2. The van der Waals surface area contributed by atoms with Crippen molar-refractivity contribution in [3.63, 3.8) is 0 Å². The summed E-state index contributed by atoms with van der Waals surface area (Å²) < 4.78 is 92.3. The monoisotopic (exact) mass is 438 g/mol. The lowest BCUT2D eigenvalue weighted by Gasteiger charge is -2.00. The molecule has 2 aromatic rings. The molecule has 2 rings (SSSR count). The Morgan fingerprint density at radius 1 is 0.690 bits per heavy atom. The van der Waals surface area contributed by atoms with Crippen molar-refractivity contribution in [3.8, 4) is 0 Å². The molecular formula is C14H24B2F8N4O. The minimum Gasteiger partial charge on any atom is -0.418 e. The van der Waals surface area contributed by atoms with Crippen molar-refractivity contribution >= 4 is 14.5 Å². The van der Waals surface area contributed by atoms with Gasteiger partial charge in [-0.05, 0) is 13.8 Å². The Morgan fingerprint density at radius 3 is 1.24 bits per heavy atom. The second-order valence-corrected chi connectivity index (χ2v) is 5.57. The summed E-state index contributed by atoms with van der Waals surface area (Å²) in [7, 11) is -12.0. The minimum absolute atomic E-state index is 0.757. The summed E-state index contributed by atoms with van der Waals surface area (Å²) in [5.74, 6) is 0. The number of halogens is 8. The second-order valence-electron chi connectivity index (χ2n) is 5.57. The van der Waals surface area contributed by atoms with Gasteiger partial charge in [0.2, 0.25) is 12.7 Å². The van der Waals surface area contributed by atoms with Gasteiger partial charge in [0.05, 0.1) is 26.3 Å². The molecule has 2 heterocycles. The van der Waals surface area contributed by atoms with Crippen molar-refractivity contribution in [3.05, 3.63) is 37.4 Å². The van der Waals surface area contributed by atoms with Crippen LogP contribution in [-0.2, 0) is 30.9 Å². The Balaban J connectivity index is 0.000000653. The third-order valence-corrected chi connectivity index (χ3v) is 3.21. The standard InChI is InChI=1S/C14H24N4O.2BF4/c1-3-15-5-7-17(13-15)9-11-19-12-10-18-8-6-16(4-2)14-18;2*2-1(3,4)5/h5-8,13-14H,3-4,9-12H2,1-2H3;;/q+2;2*-1. The van der Waals surface area contributed by atoms with Gasteiger partial charge in [-0.15, -0.1) is 0 Å². The van der Waals surface area contributed by atoms with Crippen LogP contribution in [0.4, 0.5) is 34.5 Å². The van der Waals surface area contributed by atoms with E-state index in [0.29, 0.717) is 0 Å². The first-order valence-electron chi connectivity index (χ1n) is 8.73. The lowest BCUT2D eigenvalue weighted by Crippen LogP contribution is -2.36. The van der Waals surface area contributed by atoms with Crippen molar-refractivity contribution in [2.75, 3.05) is 13.2 Å². The van der Waals surface area contributed by atoms with Crippen molar-refractivity contribution in [1.29, 1.82) is 0 Å². The van der Waals surface area contributed by atoms with Crippen molar-refractivity contribution in [2.24, 2.45) is 0 Å². The smallest absolute Gasteiger partial charge is 0.418 e. The van der Waals surface area contributed by atoms with Gasteiger partial charge < -0.3 is 39.3 Å².